The maximum atomic E-state index is 12.4. The molecule has 1 fully saturated rings. The van der Waals surface area contributed by atoms with Gasteiger partial charge in [0.2, 0.25) is 9.89 Å². The van der Waals surface area contributed by atoms with Crippen LogP contribution in [0.25, 0.3) is 16.5 Å². The molecule has 128 valence electrons. The number of carboxylic acids is 1. The Hall–Kier alpha value is -2.06. The van der Waals surface area contributed by atoms with Crippen LogP contribution in [0.3, 0.4) is 0 Å². The molecule has 6 nitrogen and oxygen atoms in total. The largest absolute Gasteiger partial charge is 0.481 e. The number of carboxylic acid groups (broad SMARTS) is 1. The minimum absolute atomic E-state index is 0.124. The third kappa shape index (κ3) is 3.00. The lowest BCUT2D eigenvalue weighted by atomic mass is 9.99. The van der Waals surface area contributed by atoms with Crippen LogP contribution in [0.5, 0.6) is 0 Å². The van der Waals surface area contributed by atoms with Crippen LogP contribution in [0.2, 0.25) is 0 Å². The highest BCUT2D eigenvalue weighted by molar-refractivity contribution is 9.10. The van der Waals surface area contributed by atoms with E-state index >= 15 is 0 Å². The first-order valence-corrected chi connectivity index (χ1v) is 9.90. The first kappa shape index (κ1) is 16.4. The van der Waals surface area contributed by atoms with Gasteiger partial charge in [0.15, 0.2) is 0 Å². The highest BCUT2D eigenvalue weighted by atomic mass is 79.9. The average molecular weight is 420 g/mol. The zero-order valence-corrected chi connectivity index (χ0v) is 15.5. The Balaban J connectivity index is 1.91. The zero-order valence-electron chi connectivity index (χ0n) is 13.1. The fourth-order valence-corrected chi connectivity index (χ4v) is 4.46. The molecule has 1 atom stereocenters. The molecule has 1 aliphatic rings. The van der Waals surface area contributed by atoms with Crippen molar-refractivity contribution < 1.29 is 14.1 Å². The van der Waals surface area contributed by atoms with Crippen LogP contribution in [0.15, 0.2) is 46.3 Å². The molecule has 0 amide bonds. The molecule has 0 aliphatic heterocycles. The van der Waals surface area contributed by atoms with Crippen molar-refractivity contribution in [3.63, 3.8) is 0 Å². The number of benzene rings is 2. The van der Waals surface area contributed by atoms with Crippen LogP contribution in [0.4, 0.5) is 0 Å². The fourth-order valence-electron chi connectivity index (χ4n) is 3.03. The second-order valence-corrected chi connectivity index (χ2v) is 8.02. The number of hydrogen-bond donors (Lipinski definition) is 1. The Kier molecular flexibility index (Phi) is 4.16. The Morgan fingerprint density at radius 2 is 1.92 bits per heavy atom. The summed E-state index contributed by atoms with van der Waals surface area (Å²) in [6.07, 6.45) is 2.40. The molecule has 8 heteroatoms. The highest BCUT2D eigenvalue weighted by Gasteiger charge is 2.27. The summed E-state index contributed by atoms with van der Waals surface area (Å²) in [5.74, 6) is -1.05. The second-order valence-electron chi connectivity index (χ2n) is 5.96. The van der Waals surface area contributed by atoms with Gasteiger partial charge in [0.25, 0.3) is 0 Å². The van der Waals surface area contributed by atoms with Gasteiger partial charge in [0.05, 0.1) is 5.69 Å². The molecule has 2 aromatic carbocycles. The summed E-state index contributed by atoms with van der Waals surface area (Å²) in [6.45, 7) is 0. The van der Waals surface area contributed by atoms with Crippen LogP contribution in [-0.2, 0) is 15.6 Å². The van der Waals surface area contributed by atoms with E-state index in [0.29, 0.717) is 10.7 Å². The number of aliphatic carboxylic acids is 1. The van der Waals surface area contributed by atoms with Gasteiger partial charge in [-0.05, 0) is 51.7 Å². The Morgan fingerprint density at radius 1 is 1.20 bits per heavy atom. The first-order chi connectivity index (χ1) is 12.1. The molecule has 1 unspecified atom stereocenters. The van der Waals surface area contributed by atoms with Crippen molar-refractivity contribution in [2.75, 3.05) is 5.75 Å². The smallest absolute Gasteiger partial charge is 0.316 e. The predicted octanol–water partition coefficient (Wildman–Crippen LogP) is 3.25. The third-order valence-corrected chi connectivity index (χ3v) is 5.94. The molecule has 0 spiro atoms. The number of rotatable bonds is 5. The minimum atomic E-state index is -1.79. The SMILES string of the molecule is O=C(O)CS(=O)c1nnc(Br)n1-c1ccc(C2CC2)c2ccccc12. The number of aromatic nitrogens is 3. The fraction of sp³-hybridized carbons (Fsp3) is 0.235. The van der Waals surface area contributed by atoms with E-state index < -0.39 is 22.5 Å². The topological polar surface area (TPSA) is 85.1 Å². The molecular formula is C17H14BrN3O3S. The van der Waals surface area contributed by atoms with Crippen molar-refractivity contribution in [1.29, 1.82) is 0 Å². The normalized spacial score (nSPS) is 15.4. The second kappa shape index (κ2) is 6.34. The van der Waals surface area contributed by atoms with Crippen molar-refractivity contribution in [2.45, 2.75) is 23.9 Å². The summed E-state index contributed by atoms with van der Waals surface area (Å²) in [7, 11) is -1.79. The van der Waals surface area contributed by atoms with Crippen molar-refractivity contribution >= 4 is 43.5 Å². The van der Waals surface area contributed by atoms with Gasteiger partial charge < -0.3 is 5.11 Å². The van der Waals surface area contributed by atoms with Crippen molar-refractivity contribution in [3.8, 4) is 5.69 Å². The molecule has 25 heavy (non-hydrogen) atoms. The number of nitrogens with zero attached hydrogens (tertiary/aromatic N) is 3. The van der Waals surface area contributed by atoms with Gasteiger partial charge in [0, 0.05) is 5.39 Å². The monoisotopic (exact) mass is 419 g/mol. The van der Waals surface area contributed by atoms with Crippen molar-refractivity contribution in [1.82, 2.24) is 14.8 Å². The number of carbonyl (C=O) groups is 1. The molecule has 4 rings (SSSR count). The summed E-state index contributed by atoms with van der Waals surface area (Å²) in [5.41, 5.74) is 2.10. The molecule has 0 radical (unpaired) electrons. The molecule has 3 aromatic rings. The number of halogens is 1. The van der Waals surface area contributed by atoms with E-state index in [0.717, 1.165) is 16.5 Å². The van der Waals surface area contributed by atoms with E-state index in [-0.39, 0.29) is 5.16 Å². The summed E-state index contributed by atoms with van der Waals surface area (Å²) < 4.78 is 14.4. The maximum Gasteiger partial charge on any atom is 0.316 e. The summed E-state index contributed by atoms with van der Waals surface area (Å²) in [6, 6.07) is 12.1. The Morgan fingerprint density at radius 3 is 2.60 bits per heavy atom. The lowest BCUT2D eigenvalue weighted by Crippen LogP contribution is -2.13. The van der Waals surface area contributed by atoms with E-state index in [4.69, 9.17) is 5.11 Å². The average Bonchev–Trinajstić information content (AvgIpc) is 3.35. The van der Waals surface area contributed by atoms with Crippen LogP contribution >= 0.6 is 15.9 Å². The molecule has 0 bridgehead atoms. The van der Waals surface area contributed by atoms with Crippen LogP contribution in [-0.4, -0.2) is 35.8 Å². The van der Waals surface area contributed by atoms with Crippen LogP contribution in [0.1, 0.15) is 24.3 Å². The summed E-state index contributed by atoms with van der Waals surface area (Å²) >= 11 is 3.34. The lowest BCUT2D eigenvalue weighted by Gasteiger charge is -2.13. The zero-order chi connectivity index (χ0) is 17.6. The van der Waals surface area contributed by atoms with Gasteiger partial charge in [-0.1, -0.05) is 30.3 Å². The van der Waals surface area contributed by atoms with Gasteiger partial charge in [-0.25, -0.2) is 0 Å². The molecule has 1 aromatic heterocycles. The Labute approximate surface area is 154 Å². The van der Waals surface area contributed by atoms with Crippen LogP contribution < -0.4 is 0 Å². The number of fused-ring (bicyclic) bond motifs is 1. The van der Waals surface area contributed by atoms with Crippen LogP contribution in [0, 0.1) is 0 Å². The lowest BCUT2D eigenvalue weighted by molar-refractivity contribution is -0.133. The van der Waals surface area contributed by atoms with Crippen molar-refractivity contribution in [2.24, 2.45) is 0 Å². The Bertz CT molecular complexity index is 1010. The van der Waals surface area contributed by atoms with E-state index in [1.165, 1.54) is 18.4 Å². The standard InChI is InChI=1S/C17H14BrN3O3S/c18-16-19-20-17(25(24)9-15(22)23)21(16)14-8-7-11(10-5-6-10)12-3-1-2-4-13(12)14/h1-4,7-8,10H,5-6,9H2,(H,22,23). The quantitative estimate of drug-likeness (QED) is 0.685. The molecule has 1 heterocycles. The molecule has 1 N–H and O–H groups in total. The minimum Gasteiger partial charge on any atom is -0.481 e. The van der Waals surface area contributed by atoms with E-state index in [2.05, 4.69) is 38.3 Å². The summed E-state index contributed by atoms with van der Waals surface area (Å²) in [4.78, 5) is 10.9. The van der Waals surface area contributed by atoms with Gasteiger partial charge in [-0.3, -0.25) is 13.6 Å². The first-order valence-electron chi connectivity index (χ1n) is 7.79. The molecular weight excluding hydrogens is 406 g/mol. The van der Waals surface area contributed by atoms with Crippen molar-refractivity contribution in [3.05, 3.63) is 46.7 Å². The third-order valence-electron chi connectivity index (χ3n) is 4.24. The summed E-state index contributed by atoms with van der Waals surface area (Å²) in [5, 5.41) is 19.1. The number of hydrogen-bond acceptors (Lipinski definition) is 4. The molecule has 1 aliphatic carbocycles. The highest BCUT2D eigenvalue weighted by Crippen LogP contribution is 2.44. The van der Waals surface area contributed by atoms with E-state index in [1.807, 2.05) is 24.3 Å². The van der Waals surface area contributed by atoms with Gasteiger partial charge in [-0.15, -0.1) is 10.2 Å². The van der Waals surface area contributed by atoms with E-state index in [1.54, 1.807) is 4.57 Å². The maximum absolute atomic E-state index is 12.4. The molecule has 1 saturated carbocycles. The molecule has 0 saturated heterocycles. The van der Waals surface area contributed by atoms with Gasteiger partial charge in [-0.2, -0.15) is 0 Å². The predicted molar refractivity (Wildman–Crippen MR) is 97.5 cm³/mol. The van der Waals surface area contributed by atoms with E-state index in [9.17, 15) is 9.00 Å². The van der Waals surface area contributed by atoms with Gasteiger partial charge in [0.1, 0.15) is 16.6 Å². The van der Waals surface area contributed by atoms with Gasteiger partial charge >= 0.3 is 5.97 Å².